The SMILES string of the molecule is O=C(CCc1ccccc1)N1CCN(C2CC(c3ccccc3)NN2)CC1. The number of carbonyl (C=O) groups is 1. The zero-order valence-electron chi connectivity index (χ0n) is 15.7. The lowest BCUT2D eigenvalue weighted by Crippen LogP contribution is -2.55. The molecule has 2 aromatic carbocycles. The molecule has 2 aliphatic rings. The number of nitrogens with one attached hydrogen (secondary N) is 2. The molecule has 0 aliphatic carbocycles. The van der Waals surface area contributed by atoms with Crippen LogP contribution in [0.4, 0.5) is 0 Å². The Kier molecular flexibility index (Phi) is 5.82. The van der Waals surface area contributed by atoms with Crippen molar-refractivity contribution in [3.8, 4) is 0 Å². The Morgan fingerprint density at radius 2 is 1.56 bits per heavy atom. The molecule has 4 rings (SSSR count). The second-order valence-corrected chi connectivity index (χ2v) is 7.41. The van der Waals surface area contributed by atoms with Gasteiger partial charge in [-0.3, -0.25) is 9.69 Å². The highest BCUT2D eigenvalue weighted by atomic mass is 16.2. The summed E-state index contributed by atoms with van der Waals surface area (Å²) < 4.78 is 0. The molecule has 2 aromatic rings. The smallest absolute Gasteiger partial charge is 0.222 e. The second kappa shape index (κ2) is 8.65. The second-order valence-electron chi connectivity index (χ2n) is 7.41. The van der Waals surface area contributed by atoms with Crippen LogP contribution in [-0.2, 0) is 11.2 Å². The molecule has 5 nitrogen and oxygen atoms in total. The average molecular weight is 364 g/mol. The fraction of sp³-hybridized carbons (Fsp3) is 0.409. The molecule has 2 N–H and O–H groups in total. The van der Waals surface area contributed by atoms with E-state index in [1.165, 1.54) is 11.1 Å². The Morgan fingerprint density at radius 1 is 0.889 bits per heavy atom. The summed E-state index contributed by atoms with van der Waals surface area (Å²) in [5.74, 6) is 0.276. The fourth-order valence-corrected chi connectivity index (χ4v) is 4.02. The van der Waals surface area contributed by atoms with Gasteiger partial charge in [-0.05, 0) is 24.0 Å². The van der Waals surface area contributed by atoms with Crippen LogP contribution in [0, 0.1) is 0 Å². The number of rotatable bonds is 5. The number of amides is 1. The van der Waals surface area contributed by atoms with Crippen LogP contribution in [0.2, 0.25) is 0 Å². The van der Waals surface area contributed by atoms with Crippen molar-refractivity contribution in [3.63, 3.8) is 0 Å². The van der Waals surface area contributed by atoms with Crippen LogP contribution in [0.25, 0.3) is 0 Å². The zero-order chi connectivity index (χ0) is 18.5. The van der Waals surface area contributed by atoms with Gasteiger partial charge in [-0.25, -0.2) is 10.9 Å². The summed E-state index contributed by atoms with van der Waals surface area (Å²) in [5.41, 5.74) is 9.41. The molecule has 2 heterocycles. The normalized spacial score (nSPS) is 23.5. The lowest BCUT2D eigenvalue weighted by atomic mass is 10.0. The maximum absolute atomic E-state index is 12.5. The molecule has 0 bridgehead atoms. The monoisotopic (exact) mass is 364 g/mol. The lowest BCUT2D eigenvalue weighted by Gasteiger charge is -2.37. The van der Waals surface area contributed by atoms with Crippen LogP contribution >= 0.6 is 0 Å². The maximum atomic E-state index is 12.5. The van der Waals surface area contributed by atoms with Crippen LogP contribution in [0.5, 0.6) is 0 Å². The lowest BCUT2D eigenvalue weighted by molar-refractivity contribution is -0.133. The van der Waals surface area contributed by atoms with Crippen molar-refractivity contribution in [2.75, 3.05) is 26.2 Å². The molecule has 27 heavy (non-hydrogen) atoms. The van der Waals surface area contributed by atoms with Crippen molar-refractivity contribution in [2.24, 2.45) is 0 Å². The van der Waals surface area contributed by atoms with Gasteiger partial charge in [0.15, 0.2) is 0 Å². The topological polar surface area (TPSA) is 47.6 Å². The summed E-state index contributed by atoms with van der Waals surface area (Å²) in [7, 11) is 0. The van der Waals surface area contributed by atoms with Gasteiger partial charge in [0, 0.05) is 38.6 Å². The summed E-state index contributed by atoms with van der Waals surface area (Å²) in [6.07, 6.45) is 2.80. The van der Waals surface area contributed by atoms with Crippen molar-refractivity contribution in [1.29, 1.82) is 0 Å². The number of benzene rings is 2. The highest BCUT2D eigenvalue weighted by Gasteiger charge is 2.32. The molecule has 2 aliphatic heterocycles. The van der Waals surface area contributed by atoms with Crippen molar-refractivity contribution in [2.45, 2.75) is 31.5 Å². The highest BCUT2D eigenvalue weighted by molar-refractivity contribution is 5.76. The van der Waals surface area contributed by atoms with E-state index in [0.29, 0.717) is 18.6 Å². The quantitative estimate of drug-likeness (QED) is 0.855. The van der Waals surface area contributed by atoms with Crippen LogP contribution in [-0.4, -0.2) is 48.1 Å². The van der Waals surface area contributed by atoms with Gasteiger partial charge in [-0.2, -0.15) is 0 Å². The van der Waals surface area contributed by atoms with Gasteiger partial charge >= 0.3 is 0 Å². The summed E-state index contributed by atoms with van der Waals surface area (Å²) in [5, 5.41) is 0. The van der Waals surface area contributed by atoms with E-state index in [4.69, 9.17) is 0 Å². The van der Waals surface area contributed by atoms with Gasteiger partial charge in [-0.15, -0.1) is 0 Å². The first-order chi connectivity index (χ1) is 13.3. The third kappa shape index (κ3) is 4.56. The van der Waals surface area contributed by atoms with Crippen molar-refractivity contribution >= 4 is 5.91 Å². The standard InChI is InChI=1S/C22H28N4O/c27-22(12-11-18-7-3-1-4-8-18)26-15-13-25(14-16-26)21-17-20(23-24-21)19-9-5-2-6-10-19/h1-10,20-21,23-24H,11-17H2. The van der Waals surface area contributed by atoms with Gasteiger partial charge in [-0.1, -0.05) is 60.7 Å². The molecular formula is C22H28N4O. The Bertz CT molecular complexity index is 728. The highest BCUT2D eigenvalue weighted by Crippen LogP contribution is 2.24. The Hall–Kier alpha value is -2.21. The van der Waals surface area contributed by atoms with E-state index in [9.17, 15) is 4.79 Å². The van der Waals surface area contributed by atoms with Crippen LogP contribution < -0.4 is 10.9 Å². The number of hydrazine groups is 1. The maximum Gasteiger partial charge on any atom is 0.222 e. The molecule has 2 fully saturated rings. The number of hydrogen-bond donors (Lipinski definition) is 2. The molecule has 0 spiro atoms. The third-order valence-corrected chi connectivity index (χ3v) is 5.66. The summed E-state index contributed by atoms with van der Waals surface area (Å²) in [6, 6.07) is 21.2. The molecule has 5 heteroatoms. The van der Waals surface area contributed by atoms with E-state index >= 15 is 0 Å². The van der Waals surface area contributed by atoms with Gasteiger partial charge in [0.2, 0.25) is 5.91 Å². The van der Waals surface area contributed by atoms with Crippen LogP contribution in [0.1, 0.15) is 30.0 Å². The van der Waals surface area contributed by atoms with E-state index in [1.807, 2.05) is 23.1 Å². The molecule has 2 unspecified atom stereocenters. The third-order valence-electron chi connectivity index (χ3n) is 5.66. The van der Waals surface area contributed by atoms with E-state index in [-0.39, 0.29) is 5.91 Å². The molecule has 142 valence electrons. The minimum atomic E-state index is 0.276. The fourth-order valence-electron chi connectivity index (χ4n) is 4.02. The summed E-state index contributed by atoms with van der Waals surface area (Å²) in [6.45, 7) is 3.50. The van der Waals surface area contributed by atoms with E-state index < -0.39 is 0 Å². The number of piperazine rings is 1. The number of hydrogen-bond acceptors (Lipinski definition) is 4. The first kappa shape index (κ1) is 18.2. The molecule has 1 amide bonds. The molecule has 0 radical (unpaired) electrons. The van der Waals surface area contributed by atoms with Gasteiger partial charge < -0.3 is 4.90 Å². The largest absolute Gasteiger partial charge is 0.340 e. The Balaban J connectivity index is 1.23. The summed E-state index contributed by atoms with van der Waals surface area (Å²) in [4.78, 5) is 17.0. The first-order valence-electron chi connectivity index (χ1n) is 9.91. The van der Waals surface area contributed by atoms with E-state index in [2.05, 4.69) is 58.2 Å². The first-order valence-corrected chi connectivity index (χ1v) is 9.91. The molecular weight excluding hydrogens is 336 g/mol. The predicted molar refractivity (Wildman–Crippen MR) is 107 cm³/mol. The number of nitrogens with zero attached hydrogens (tertiary/aromatic N) is 2. The van der Waals surface area contributed by atoms with Crippen LogP contribution in [0.3, 0.4) is 0 Å². The van der Waals surface area contributed by atoms with Crippen LogP contribution in [0.15, 0.2) is 60.7 Å². The molecule has 0 aromatic heterocycles. The van der Waals surface area contributed by atoms with Crippen molar-refractivity contribution in [1.82, 2.24) is 20.7 Å². The average Bonchev–Trinajstić information content (AvgIpc) is 3.24. The molecule has 2 atom stereocenters. The van der Waals surface area contributed by atoms with Gasteiger partial charge in [0.05, 0.1) is 6.17 Å². The molecule has 2 saturated heterocycles. The predicted octanol–water partition coefficient (Wildman–Crippen LogP) is 2.33. The molecule has 0 saturated carbocycles. The van der Waals surface area contributed by atoms with Crippen molar-refractivity contribution < 1.29 is 4.79 Å². The Labute approximate surface area is 161 Å². The Morgan fingerprint density at radius 3 is 2.26 bits per heavy atom. The minimum Gasteiger partial charge on any atom is -0.340 e. The minimum absolute atomic E-state index is 0.276. The zero-order valence-corrected chi connectivity index (χ0v) is 15.7. The number of aryl methyl sites for hydroxylation is 1. The van der Waals surface area contributed by atoms with Gasteiger partial charge in [0.25, 0.3) is 0 Å². The van der Waals surface area contributed by atoms with Crippen molar-refractivity contribution in [3.05, 3.63) is 71.8 Å². The van der Waals surface area contributed by atoms with Gasteiger partial charge in [0.1, 0.15) is 0 Å². The summed E-state index contributed by atoms with van der Waals surface area (Å²) >= 11 is 0. The van der Waals surface area contributed by atoms with E-state index in [1.54, 1.807) is 0 Å². The number of carbonyl (C=O) groups excluding carboxylic acids is 1. The van der Waals surface area contributed by atoms with E-state index in [0.717, 1.165) is 39.0 Å².